The molecule has 3 rings (SSSR count). The highest BCUT2D eigenvalue weighted by molar-refractivity contribution is 5.90. The van der Waals surface area contributed by atoms with Gasteiger partial charge in [-0.25, -0.2) is 0 Å². The molecule has 0 spiro atoms. The van der Waals surface area contributed by atoms with Crippen molar-refractivity contribution in [2.45, 2.75) is 38.8 Å². The first-order valence-corrected chi connectivity index (χ1v) is 8.33. The lowest BCUT2D eigenvalue weighted by atomic mass is 10.2. The molecule has 0 saturated carbocycles. The molecule has 0 bridgehead atoms. The van der Waals surface area contributed by atoms with Crippen molar-refractivity contribution in [2.24, 2.45) is 0 Å². The minimum Gasteiger partial charge on any atom is -0.491 e. The number of aromatic nitrogens is 2. The normalized spacial score (nSPS) is 17.0. The predicted octanol–water partition coefficient (Wildman–Crippen LogP) is 2.78. The molecule has 24 heavy (non-hydrogen) atoms. The molecule has 1 N–H and O–H groups in total. The largest absolute Gasteiger partial charge is 0.491 e. The molecule has 1 fully saturated rings. The zero-order chi connectivity index (χ0) is 16.8. The van der Waals surface area contributed by atoms with Crippen LogP contribution < -0.4 is 10.1 Å². The summed E-state index contributed by atoms with van der Waals surface area (Å²) in [5.41, 5.74) is 1.82. The number of aryl methyl sites for hydroxylation is 2. The van der Waals surface area contributed by atoms with Crippen LogP contribution in [-0.2, 0) is 16.1 Å². The lowest BCUT2D eigenvalue weighted by Gasteiger charge is -2.12. The SMILES string of the molecule is Cc1ccnn1CCC(=O)Nc1ccc(OCC2CCCO2)cc1. The fourth-order valence-corrected chi connectivity index (χ4v) is 2.66. The van der Waals surface area contributed by atoms with Crippen LogP contribution in [0.4, 0.5) is 5.69 Å². The van der Waals surface area contributed by atoms with Gasteiger partial charge >= 0.3 is 0 Å². The number of ether oxygens (including phenoxy) is 2. The Balaban J connectivity index is 1.43. The van der Waals surface area contributed by atoms with Gasteiger partial charge in [-0.3, -0.25) is 9.48 Å². The topological polar surface area (TPSA) is 65.4 Å². The fraction of sp³-hybridized carbons (Fsp3) is 0.444. The first-order valence-electron chi connectivity index (χ1n) is 8.33. The van der Waals surface area contributed by atoms with Crippen LogP contribution in [0.1, 0.15) is 25.0 Å². The minimum absolute atomic E-state index is 0.0297. The number of hydrogen-bond donors (Lipinski definition) is 1. The highest BCUT2D eigenvalue weighted by atomic mass is 16.5. The van der Waals surface area contributed by atoms with E-state index < -0.39 is 0 Å². The number of anilines is 1. The number of benzene rings is 1. The van der Waals surface area contributed by atoms with E-state index in [9.17, 15) is 4.79 Å². The monoisotopic (exact) mass is 329 g/mol. The van der Waals surface area contributed by atoms with Crippen molar-refractivity contribution in [3.63, 3.8) is 0 Å². The van der Waals surface area contributed by atoms with Gasteiger partial charge in [0.25, 0.3) is 0 Å². The van der Waals surface area contributed by atoms with Gasteiger partial charge in [-0.2, -0.15) is 5.10 Å². The van der Waals surface area contributed by atoms with Crippen molar-refractivity contribution in [3.8, 4) is 5.75 Å². The molecule has 1 saturated heterocycles. The van der Waals surface area contributed by atoms with Crippen LogP contribution in [0, 0.1) is 6.92 Å². The molecule has 128 valence electrons. The van der Waals surface area contributed by atoms with E-state index in [-0.39, 0.29) is 12.0 Å². The van der Waals surface area contributed by atoms with E-state index >= 15 is 0 Å². The summed E-state index contributed by atoms with van der Waals surface area (Å²) >= 11 is 0. The van der Waals surface area contributed by atoms with Gasteiger partial charge in [0.2, 0.25) is 5.91 Å². The molecular formula is C18H23N3O3. The second-order valence-corrected chi connectivity index (χ2v) is 5.96. The molecule has 1 aromatic carbocycles. The summed E-state index contributed by atoms with van der Waals surface area (Å²) < 4.78 is 13.1. The number of hydrogen-bond acceptors (Lipinski definition) is 4. The maximum absolute atomic E-state index is 12.0. The molecule has 6 nitrogen and oxygen atoms in total. The van der Waals surface area contributed by atoms with Crippen molar-refractivity contribution in [1.82, 2.24) is 9.78 Å². The van der Waals surface area contributed by atoms with E-state index in [0.717, 1.165) is 36.6 Å². The summed E-state index contributed by atoms with van der Waals surface area (Å²) in [5.74, 6) is 0.758. The van der Waals surface area contributed by atoms with Crippen molar-refractivity contribution in [1.29, 1.82) is 0 Å². The van der Waals surface area contributed by atoms with Crippen LogP contribution in [0.5, 0.6) is 5.75 Å². The van der Waals surface area contributed by atoms with Crippen LogP contribution in [0.15, 0.2) is 36.5 Å². The molecule has 1 aliphatic heterocycles. The molecule has 1 unspecified atom stereocenters. The predicted molar refractivity (Wildman–Crippen MR) is 91.1 cm³/mol. The van der Waals surface area contributed by atoms with Crippen molar-refractivity contribution in [3.05, 3.63) is 42.2 Å². The zero-order valence-corrected chi connectivity index (χ0v) is 13.9. The molecule has 0 aliphatic carbocycles. The molecule has 2 heterocycles. The Bertz CT molecular complexity index is 660. The number of rotatable bonds is 7. The Hall–Kier alpha value is -2.34. The van der Waals surface area contributed by atoms with Gasteiger partial charge in [0.05, 0.1) is 6.10 Å². The Morgan fingerprint density at radius 2 is 2.21 bits per heavy atom. The lowest BCUT2D eigenvalue weighted by Crippen LogP contribution is -2.16. The van der Waals surface area contributed by atoms with Gasteiger partial charge in [-0.1, -0.05) is 0 Å². The molecule has 0 radical (unpaired) electrons. The molecule has 1 amide bonds. The number of nitrogens with one attached hydrogen (secondary N) is 1. The highest BCUT2D eigenvalue weighted by Crippen LogP contribution is 2.18. The third-order valence-corrected chi connectivity index (χ3v) is 4.08. The van der Waals surface area contributed by atoms with E-state index in [1.807, 2.05) is 41.9 Å². The number of amides is 1. The van der Waals surface area contributed by atoms with Crippen LogP contribution in [0.25, 0.3) is 0 Å². The van der Waals surface area contributed by atoms with Crippen LogP contribution in [0.3, 0.4) is 0 Å². The second-order valence-electron chi connectivity index (χ2n) is 5.96. The van der Waals surface area contributed by atoms with Crippen LogP contribution >= 0.6 is 0 Å². The molecule has 1 aromatic heterocycles. The van der Waals surface area contributed by atoms with Gasteiger partial charge in [0.1, 0.15) is 12.4 Å². The van der Waals surface area contributed by atoms with Crippen molar-refractivity contribution < 1.29 is 14.3 Å². The van der Waals surface area contributed by atoms with E-state index in [1.54, 1.807) is 6.20 Å². The van der Waals surface area contributed by atoms with Gasteiger partial charge in [0.15, 0.2) is 0 Å². The Kier molecular flexibility index (Phi) is 5.48. The van der Waals surface area contributed by atoms with Crippen LogP contribution in [0.2, 0.25) is 0 Å². The van der Waals surface area contributed by atoms with Gasteiger partial charge in [-0.15, -0.1) is 0 Å². The van der Waals surface area contributed by atoms with E-state index in [2.05, 4.69) is 10.4 Å². The molecule has 1 aliphatic rings. The zero-order valence-electron chi connectivity index (χ0n) is 13.9. The van der Waals surface area contributed by atoms with Crippen molar-refractivity contribution >= 4 is 11.6 Å². The maximum Gasteiger partial charge on any atom is 0.226 e. The number of nitrogens with zero attached hydrogens (tertiary/aromatic N) is 2. The average Bonchev–Trinajstić information content (AvgIpc) is 3.24. The Labute approximate surface area is 141 Å². The Morgan fingerprint density at radius 3 is 2.88 bits per heavy atom. The van der Waals surface area contributed by atoms with E-state index in [0.29, 0.717) is 19.6 Å². The fourth-order valence-electron chi connectivity index (χ4n) is 2.66. The molecular weight excluding hydrogens is 306 g/mol. The first-order chi connectivity index (χ1) is 11.7. The van der Waals surface area contributed by atoms with Crippen LogP contribution in [-0.4, -0.2) is 35.0 Å². The second kappa shape index (κ2) is 7.97. The highest BCUT2D eigenvalue weighted by Gasteiger charge is 2.15. The molecule has 1 atom stereocenters. The van der Waals surface area contributed by atoms with Gasteiger partial charge < -0.3 is 14.8 Å². The summed E-state index contributed by atoms with van der Waals surface area (Å²) in [7, 11) is 0. The lowest BCUT2D eigenvalue weighted by molar-refractivity contribution is -0.116. The standard InChI is InChI=1S/C18H23N3O3/c1-14-8-10-19-21(14)11-9-18(22)20-15-4-6-16(7-5-15)24-13-17-3-2-12-23-17/h4-8,10,17H,2-3,9,11-13H2,1H3,(H,20,22). The summed E-state index contributed by atoms with van der Waals surface area (Å²) in [6, 6.07) is 9.35. The molecule has 6 heteroatoms. The maximum atomic E-state index is 12.0. The third-order valence-electron chi connectivity index (χ3n) is 4.08. The van der Waals surface area contributed by atoms with Gasteiger partial charge in [-0.05, 0) is 50.1 Å². The van der Waals surface area contributed by atoms with E-state index in [4.69, 9.17) is 9.47 Å². The summed E-state index contributed by atoms with van der Waals surface area (Å²) in [6.45, 7) is 3.96. The summed E-state index contributed by atoms with van der Waals surface area (Å²) in [6.07, 6.45) is 4.50. The smallest absolute Gasteiger partial charge is 0.226 e. The summed E-state index contributed by atoms with van der Waals surface area (Å²) in [5, 5.41) is 7.06. The Morgan fingerprint density at radius 1 is 1.38 bits per heavy atom. The molecule has 2 aromatic rings. The van der Waals surface area contributed by atoms with E-state index in [1.165, 1.54) is 0 Å². The minimum atomic E-state index is -0.0297. The number of carbonyl (C=O) groups excluding carboxylic acids is 1. The van der Waals surface area contributed by atoms with Gasteiger partial charge in [0, 0.05) is 37.2 Å². The summed E-state index contributed by atoms with van der Waals surface area (Å²) in [4.78, 5) is 12.0. The quantitative estimate of drug-likeness (QED) is 0.848. The number of carbonyl (C=O) groups is 1. The third kappa shape index (κ3) is 4.58. The first kappa shape index (κ1) is 16.5. The average molecular weight is 329 g/mol. The van der Waals surface area contributed by atoms with Crippen molar-refractivity contribution in [2.75, 3.05) is 18.5 Å².